The molecule has 0 unspecified atom stereocenters. The van der Waals surface area contributed by atoms with Gasteiger partial charge in [0.15, 0.2) is 0 Å². The minimum atomic E-state index is -1.80. The van der Waals surface area contributed by atoms with Crippen molar-refractivity contribution in [2.45, 2.75) is 78.4 Å². The number of aryl methyl sites for hydroxylation is 3. The molecule has 0 aliphatic heterocycles. The first-order chi connectivity index (χ1) is 10.1. The molecular formula is C19H32O2Si. The zero-order chi connectivity index (χ0) is 17.0. The maximum Gasteiger partial charge on any atom is 0.250 e. The Bertz CT molecular complexity index is 490. The van der Waals surface area contributed by atoms with Gasteiger partial charge in [-0.25, -0.2) is 0 Å². The van der Waals surface area contributed by atoms with Crippen molar-refractivity contribution in [1.82, 2.24) is 0 Å². The molecule has 0 aromatic heterocycles. The molecule has 0 aliphatic rings. The molecule has 0 spiro atoms. The van der Waals surface area contributed by atoms with Gasteiger partial charge in [-0.3, -0.25) is 0 Å². The van der Waals surface area contributed by atoms with E-state index in [0.717, 1.165) is 31.3 Å². The number of hydrogen-bond donors (Lipinski definition) is 0. The van der Waals surface area contributed by atoms with E-state index < -0.39 is 8.32 Å². The summed E-state index contributed by atoms with van der Waals surface area (Å²) in [5.41, 5.74) is 3.81. The maximum absolute atomic E-state index is 10.4. The van der Waals surface area contributed by atoms with Crippen molar-refractivity contribution in [3.05, 3.63) is 28.8 Å². The smallest absolute Gasteiger partial charge is 0.250 e. The molecule has 0 N–H and O–H groups in total. The molecule has 0 fully saturated rings. The molecule has 0 heterocycles. The summed E-state index contributed by atoms with van der Waals surface area (Å²) < 4.78 is 6.52. The van der Waals surface area contributed by atoms with Crippen LogP contribution in [0, 0.1) is 13.8 Å². The third-order valence-corrected chi connectivity index (χ3v) is 9.05. The molecule has 0 bridgehead atoms. The SMILES string of the molecule is Cc1cc(CCCCC=O)cc(C)c1O[Si](C)(C)C(C)(C)C. The summed E-state index contributed by atoms with van der Waals surface area (Å²) in [4.78, 5) is 10.4. The van der Waals surface area contributed by atoms with Crippen LogP contribution in [0.25, 0.3) is 0 Å². The first-order valence-corrected chi connectivity index (χ1v) is 11.2. The highest BCUT2D eigenvalue weighted by Gasteiger charge is 2.39. The Hall–Kier alpha value is -1.09. The third kappa shape index (κ3) is 4.98. The maximum atomic E-state index is 10.4. The average Bonchev–Trinajstić information content (AvgIpc) is 2.38. The summed E-state index contributed by atoms with van der Waals surface area (Å²) in [5, 5.41) is 0.208. The Balaban J connectivity index is 2.89. The van der Waals surface area contributed by atoms with Crippen LogP contribution in [0.2, 0.25) is 18.1 Å². The van der Waals surface area contributed by atoms with Crippen LogP contribution in [0.5, 0.6) is 5.75 Å². The second-order valence-corrected chi connectivity index (χ2v) is 12.6. The molecule has 0 radical (unpaired) electrons. The fourth-order valence-corrected chi connectivity index (χ4v) is 3.45. The lowest BCUT2D eigenvalue weighted by Crippen LogP contribution is -2.44. The predicted molar refractivity (Wildman–Crippen MR) is 97.4 cm³/mol. The second kappa shape index (κ2) is 7.45. The topological polar surface area (TPSA) is 26.3 Å². The van der Waals surface area contributed by atoms with Gasteiger partial charge in [0, 0.05) is 6.42 Å². The number of carbonyl (C=O) groups is 1. The lowest BCUT2D eigenvalue weighted by atomic mass is 10.0. The fraction of sp³-hybridized carbons (Fsp3) is 0.632. The molecule has 124 valence electrons. The van der Waals surface area contributed by atoms with Crippen molar-refractivity contribution < 1.29 is 9.22 Å². The molecule has 3 heteroatoms. The summed E-state index contributed by atoms with van der Waals surface area (Å²) in [5.74, 6) is 1.07. The lowest BCUT2D eigenvalue weighted by Gasteiger charge is -2.37. The minimum absolute atomic E-state index is 0.208. The van der Waals surface area contributed by atoms with Crippen molar-refractivity contribution >= 4 is 14.6 Å². The third-order valence-electron chi connectivity index (χ3n) is 4.72. The van der Waals surface area contributed by atoms with Gasteiger partial charge in [0.1, 0.15) is 12.0 Å². The van der Waals surface area contributed by atoms with E-state index in [2.05, 4.69) is 59.8 Å². The van der Waals surface area contributed by atoms with E-state index in [-0.39, 0.29) is 5.04 Å². The zero-order valence-corrected chi connectivity index (χ0v) is 16.4. The van der Waals surface area contributed by atoms with Crippen LogP contribution in [0.1, 0.15) is 56.7 Å². The Morgan fingerprint density at radius 2 is 1.64 bits per heavy atom. The van der Waals surface area contributed by atoms with Crippen molar-refractivity contribution in [2.75, 3.05) is 0 Å². The Labute approximate surface area is 137 Å². The number of hydrogen-bond acceptors (Lipinski definition) is 2. The summed E-state index contributed by atoms with van der Waals surface area (Å²) in [6.45, 7) is 15.7. The van der Waals surface area contributed by atoms with E-state index in [9.17, 15) is 4.79 Å². The van der Waals surface area contributed by atoms with Gasteiger partial charge in [-0.2, -0.15) is 0 Å². The Morgan fingerprint density at radius 3 is 2.09 bits per heavy atom. The Morgan fingerprint density at radius 1 is 1.09 bits per heavy atom. The van der Waals surface area contributed by atoms with Crippen molar-refractivity contribution in [3.8, 4) is 5.75 Å². The first-order valence-electron chi connectivity index (χ1n) is 8.31. The molecule has 0 aliphatic carbocycles. The van der Waals surface area contributed by atoms with Crippen LogP contribution in [-0.2, 0) is 11.2 Å². The van der Waals surface area contributed by atoms with E-state index in [1.807, 2.05) is 0 Å². The largest absolute Gasteiger partial charge is 0.543 e. The van der Waals surface area contributed by atoms with Gasteiger partial charge >= 0.3 is 0 Å². The van der Waals surface area contributed by atoms with Gasteiger partial charge in [-0.15, -0.1) is 0 Å². The standard InChI is InChI=1S/C19H32O2Si/c1-15-13-17(11-9-8-10-12-20)14-16(2)18(15)21-22(6,7)19(3,4)5/h12-14H,8-11H2,1-7H3. The van der Waals surface area contributed by atoms with Crippen molar-refractivity contribution in [2.24, 2.45) is 0 Å². The van der Waals surface area contributed by atoms with E-state index in [4.69, 9.17) is 4.43 Å². The number of rotatable bonds is 7. The number of unbranched alkanes of at least 4 members (excludes halogenated alkanes) is 2. The highest BCUT2D eigenvalue weighted by Crippen LogP contribution is 2.39. The second-order valence-electron chi connectivity index (χ2n) is 7.83. The van der Waals surface area contributed by atoms with Gasteiger partial charge in [0.05, 0.1) is 0 Å². The summed E-state index contributed by atoms with van der Waals surface area (Å²) in [6.07, 6.45) is 4.76. The van der Waals surface area contributed by atoms with Gasteiger partial charge in [0.2, 0.25) is 0 Å². The van der Waals surface area contributed by atoms with E-state index in [0.29, 0.717) is 6.42 Å². The molecule has 22 heavy (non-hydrogen) atoms. The highest BCUT2D eigenvalue weighted by atomic mass is 28.4. The average molecular weight is 321 g/mol. The Kier molecular flexibility index (Phi) is 6.42. The van der Waals surface area contributed by atoms with Gasteiger partial charge < -0.3 is 9.22 Å². The molecule has 0 saturated carbocycles. The number of aldehydes is 1. The lowest BCUT2D eigenvalue weighted by molar-refractivity contribution is -0.107. The summed E-state index contributed by atoms with van der Waals surface area (Å²) in [6, 6.07) is 4.49. The monoisotopic (exact) mass is 320 g/mol. The summed E-state index contributed by atoms with van der Waals surface area (Å²) >= 11 is 0. The van der Waals surface area contributed by atoms with Crippen LogP contribution in [0.4, 0.5) is 0 Å². The van der Waals surface area contributed by atoms with Gasteiger partial charge in [-0.05, 0) is 67.9 Å². The van der Waals surface area contributed by atoms with E-state index in [1.165, 1.54) is 16.7 Å². The van der Waals surface area contributed by atoms with Gasteiger partial charge in [-0.1, -0.05) is 32.9 Å². The zero-order valence-electron chi connectivity index (χ0n) is 15.4. The molecule has 1 rings (SSSR count). The summed E-state index contributed by atoms with van der Waals surface area (Å²) in [7, 11) is -1.80. The fourth-order valence-electron chi connectivity index (χ4n) is 2.31. The molecule has 0 amide bonds. The first kappa shape index (κ1) is 19.0. The molecule has 0 saturated heterocycles. The molecule has 2 nitrogen and oxygen atoms in total. The quantitative estimate of drug-likeness (QED) is 0.371. The molecule has 1 aromatic rings. The van der Waals surface area contributed by atoms with Crippen LogP contribution >= 0.6 is 0 Å². The van der Waals surface area contributed by atoms with Crippen LogP contribution < -0.4 is 4.43 Å². The van der Waals surface area contributed by atoms with E-state index in [1.54, 1.807) is 0 Å². The molecular weight excluding hydrogens is 288 g/mol. The number of benzene rings is 1. The van der Waals surface area contributed by atoms with Gasteiger partial charge in [0.25, 0.3) is 8.32 Å². The van der Waals surface area contributed by atoms with Crippen LogP contribution in [-0.4, -0.2) is 14.6 Å². The van der Waals surface area contributed by atoms with E-state index >= 15 is 0 Å². The number of carbonyl (C=O) groups excluding carboxylic acids is 1. The molecule has 1 aromatic carbocycles. The predicted octanol–water partition coefficient (Wildman–Crippen LogP) is 5.60. The minimum Gasteiger partial charge on any atom is -0.543 e. The highest BCUT2D eigenvalue weighted by molar-refractivity contribution is 6.74. The van der Waals surface area contributed by atoms with Crippen molar-refractivity contribution in [1.29, 1.82) is 0 Å². The molecule has 0 atom stereocenters. The van der Waals surface area contributed by atoms with Crippen LogP contribution in [0.15, 0.2) is 12.1 Å². The van der Waals surface area contributed by atoms with Crippen LogP contribution in [0.3, 0.4) is 0 Å². The van der Waals surface area contributed by atoms with Crippen molar-refractivity contribution in [3.63, 3.8) is 0 Å². The normalized spacial score (nSPS) is 12.3.